The number of aromatic nitrogens is 5. The summed E-state index contributed by atoms with van der Waals surface area (Å²) in [5.74, 6) is 0.986. The Balaban J connectivity index is 1.40. The summed E-state index contributed by atoms with van der Waals surface area (Å²) >= 11 is 0. The number of nitrogens with zero attached hydrogens (tertiary/aromatic N) is 5. The fourth-order valence-electron chi connectivity index (χ4n) is 6.42. The fraction of sp³-hybridized carbons (Fsp3) is 0.536. The molecular weight excluding hydrogens is 468 g/mol. The predicted molar refractivity (Wildman–Crippen MR) is 144 cm³/mol. The number of benzene rings is 1. The second-order valence-corrected chi connectivity index (χ2v) is 10.8. The lowest BCUT2D eigenvalue weighted by Gasteiger charge is -2.39. The fourth-order valence-corrected chi connectivity index (χ4v) is 6.42. The van der Waals surface area contributed by atoms with E-state index < -0.39 is 0 Å². The zero-order valence-corrected chi connectivity index (χ0v) is 22.2. The highest BCUT2D eigenvalue weighted by atomic mass is 16.5. The molecule has 0 unspecified atom stereocenters. The summed E-state index contributed by atoms with van der Waals surface area (Å²) in [6.07, 6.45) is 7.83. The van der Waals surface area contributed by atoms with Crippen molar-refractivity contribution in [2.75, 3.05) is 33.4 Å². The number of H-pyrrole nitrogens is 1. The van der Waals surface area contributed by atoms with Crippen molar-refractivity contribution in [3.05, 3.63) is 46.3 Å². The van der Waals surface area contributed by atoms with Gasteiger partial charge in [-0.25, -0.2) is 14.3 Å². The van der Waals surface area contributed by atoms with E-state index in [0.29, 0.717) is 17.4 Å². The number of ether oxygens (including phenoxy) is 2. The molecule has 4 heterocycles. The van der Waals surface area contributed by atoms with Crippen molar-refractivity contribution in [1.82, 2.24) is 29.0 Å². The Labute approximate surface area is 216 Å². The van der Waals surface area contributed by atoms with Gasteiger partial charge in [0.25, 0.3) is 0 Å². The smallest absolute Gasteiger partial charge is 0.326 e. The molecule has 1 aromatic carbocycles. The summed E-state index contributed by atoms with van der Waals surface area (Å²) in [5, 5.41) is 4.36. The molecule has 6 rings (SSSR count). The number of hydrogen-bond donors (Lipinski definition) is 1. The molecule has 0 atom stereocenters. The highest BCUT2D eigenvalue weighted by Crippen LogP contribution is 2.39. The Bertz CT molecular complexity index is 1490. The molecular formula is C28H36N6O3. The average Bonchev–Trinajstić information content (AvgIpc) is 3.51. The van der Waals surface area contributed by atoms with Crippen molar-refractivity contribution < 1.29 is 9.47 Å². The van der Waals surface area contributed by atoms with Gasteiger partial charge in [-0.05, 0) is 61.8 Å². The number of hydrogen-bond acceptors (Lipinski definition) is 6. The van der Waals surface area contributed by atoms with Gasteiger partial charge in [0.15, 0.2) is 11.4 Å². The lowest BCUT2D eigenvalue weighted by Crippen LogP contribution is -2.45. The first-order valence-corrected chi connectivity index (χ1v) is 13.4. The minimum atomic E-state index is -0.0160. The molecule has 2 aliphatic rings. The van der Waals surface area contributed by atoms with E-state index in [2.05, 4.69) is 52.9 Å². The highest BCUT2D eigenvalue weighted by molar-refractivity contribution is 5.87. The van der Waals surface area contributed by atoms with Crippen LogP contribution < -0.4 is 10.4 Å². The number of aromatic amines is 1. The van der Waals surface area contributed by atoms with Crippen LogP contribution in [0.25, 0.3) is 27.8 Å². The van der Waals surface area contributed by atoms with Gasteiger partial charge in [-0.3, -0.25) is 9.47 Å². The van der Waals surface area contributed by atoms with Gasteiger partial charge in [0, 0.05) is 42.5 Å². The quantitative estimate of drug-likeness (QED) is 0.436. The van der Waals surface area contributed by atoms with Crippen molar-refractivity contribution in [2.45, 2.75) is 64.5 Å². The van der Waals surface area contributed by atoms with Crippen LogP contribution >= 0.6 is 0 Å². The minimum absolute atomic E-state index is 0.0160. The van der Waals surface area contributed by atoms with Crippen LogP contribution in [0.5, 0.6) is 5.75 Å². The molecule has 196 valence electrons. The van der Waals surface area contributed by atoms with E-state index >= 15 is 0 Å². The van der Waals surface area contributed by atoms with Crippen LogP contribution in [-0.4, -0.2) is 68.5 Å². The third-order valence-corrected chi connectivity index (χ3v) is 8.37. The van der Waals surface area contributed by atoms with Crippen molar-refractivity contribution in [2.24, 2.45) is 0 Å². The summed E-state index contributed by atoms with van der Waals surface area (Å²) in [7, 11) is 1.67. The summed E-state index contributed by atoms with van der Waals surface area (Å²) in [5.41, 5.74) is 6.87. The lowest BCUT2D eigenvalue weighted by molar-refractivity contribution is 0.00549. The van der Waals surface area contributed by atoms with E-state index in [0.717, 1.165) is 79.7 Å². The summed E-state index contributed by atoms with van der Waals surface area (Å²) in [6, 6.07) is 5.17. The van der Waals surface area contributed by atoms with Crippen LogP contribution in [0.1, 0.15) is 62.6 Å². The van der Waals surface area contributed by atoms with E-state index in [4.69, 9.17) is 9.47 Å². The topological polar surface area (TPSA) is 89.7 Å². The van der Waals surface area contributed by atoms with Crippen molar-refractivity contribution in [1.29, 1.82) is 0 Å². The Hall–Kier alpha value is -3.17. The van der Waals surface area contributed by atoms with E-state index in [9.17, 15) is 4.79 Å². The van der Waals surface area contributed by atoms with Crippen molar-refractivity contribution in [3.63, 3.8) is 0 Å². The Kier molecular flexibility index (Phi) is 6.28. The van der Waals surface area contributed by atoms with Gasteiger partial charge in [-0.1, -0.05) is 13.8 Å². The van der Waals surface area contributed by atoms with Gasteiger partial charge in [-0.15, -0.1) is 0 Å². The molecule has 1 N–H and O–H groups in total. The van der Waals surface area contributed by atoms with Crippen molar-refractivity contribution >= 4 is 16.7 Å². The van der Waals surface area contributed by atoms with Crippen LogP contribution in [0.15, 0.2) is 29.5 Å². The third-order valence-electron chi connectivity index (χ3n) is 8.37. The first kappa shape index (κ1) is 24.2. The largest absolute Gasteiger partial charge is 0.492 e. The third kappa shape index (κ3) is 4.14. The number of morpholine rings is 1. The maximum atomic E-state index is 13.3. The molecule has 1 saturated heterocycles. The monoisotopic (exact) mass is 504 g/mol. The second kappa shape index (κ2) is 9.61. The molecule has 37 heavy (non-hydrogen) atoms. The van der Waals surface area contributed by atoms with Crippen LogP contribution in [0, 0.1) is 6.92 Å². The number of nitrogens with one attached hydrogen (secondary N) is 1. The van der Waals surface area contributed by atoms with Gasteiger partial charge in [-0.2, -0.15) is 5.10 Å². The zero-order valence-electron chi connectivity index (χ0n) is 22.2. The maximum absolute atomic E-state index is 13.3. The minimum Gasteiger partial charge on any atom is -0.492 e. The highest BCUT2D eigenvalue weighted by Gasteiger charge is 2.30. The van der Waals surface area contributed by atoms with E-state index in [1.54, 1.807) is 18.0 Å². The Morgan fingerprint density at radius 3 is 2.51 bits per heavy atom. The number of rotatable bonds is 5. The van der Waals surface area contributed by atoms with E-state index in [1.807, 2.05) is 10.8 Å². The molecule has 4 aromatic rings. The molecule has 0 spiro atoms. The number of imidazole rings is 1. The lowest BCUT2D eigenvalue weighted by atomic mass is 9.88. The SMILES string of the molecule is COc1c(C)c(-c2cc3[nH]c(=O)n(C4CCC(N5CCOCC5)CC4)c3cc2C(C)C)cn2ncnc12. The van der Waals surface area contributed by atoms with Crippen LogP contribution in [0.2, 0.25) is 0 Å². The van der Waals surface area contributed by atoms with Gasteiger partial charge in [0.2, 0.25) is 0 Å². The average molecular weight is 505 g/mol. The molecule has 0 bridgehead atoms. The molecule has 0 amide bonds. The van der Waals surface area contributed by atoms with Gasteiger partial charge in [0.1, 0.15) is 6.33 Å². The van der Waals surface area contributed by atoms with Crippen LogP contribution in [0.3, 0.4) is 0 Å². The predicted octanol–water partition coefficient (Wildman–Crippen LogP) is 4.30. The summed E-state index contributed by atoms with van der Waals surface area (Å²) < 4.78 is 15.0. The van der Waals surface area contributed by atoms with E-state index in [1.165, 1.54) is 5.56 Å². The summed E-state index contributed by atoms with van der Waals surface area (Å²) in [4.78, 5) is 23.4. The summed E-state index contributed by atoms with van der Waals surface area (Å²) in [6.45, 7) is 10.2. The Morgan fingerprint density at radius 2 is 1.81 bits per heavy atom. The van der Waals surface area contributed by atoms with Gasteiger partial charge >= 0.3 is 5.69 Å². The van der Waals surface area contributed by atoms with Crippen LogP contribution in [0.4, 0.5) is 0 Å². The molecule has 0 radical (unpaired) electrons. The second-order valence-electron chi connectivity index (χ2n) is 10.8. The molecule has 9 nitrogen and oxygen atoms in total. The number of methoxy groups -OCH3 is 1. The number of pyridine rings is 1. The first-order valence-electron chi connectivity index (χ1n) is 13.4. The van der Waals surface area contributed by atoms with Crippen LogP contribution in [-0.2, 0) is 4.74 Å². The first-order chi connectivity index (χ1) is 18.0. The number of fused-ring (bicyclic) bond motifs is 2. The molecule has 1 saturated carbocycles. The molecule has 1 aliphatic heterocycles. The molecule has 3 aromatic heterocycles. The standard InChI is InChI=1S/C28H36N6O3/c1-17(2)21-14-25-24(13-22(21)23-15-33-27(29-16-30-33)26(36-4)18(23)3)31-28(35)34(25)20-7-5-19(6-8-20)32-9-11-37-12-10-32/h13-17,19-20H,5-12H2,1-4H3,(H,31,35). The normalized spacial score (nSPS) is 21.3. The van der Waals surface area contributed by atoms with Crippen molar-refractivity contribution in [3.8, 4) is 16.9 Å². The molecule has 1 aliphatic carbocycles. The van der Waals surface area contributed by atoms with E-state index in [-0.39, 0.29) is 17.6 Å². The molecule has 2 fully saturated rings. The molecule has 9 heteroatoms. The Morgan fingerprint density at radius 1 is 1.08 bits per heavy atom. The zero-order chi connectivity index (χ0) is 25.7. The van der Waals surface area contributed by atoms with Gasteiger partial charge in [0.05, 0.1) is 31.4 Å². The maximum Gasteiger partial charge on any atom is 0.326 e. The van der Waals surface area contributed by atoms with Gasteiger partial charge < -0.3 is 14.5 Å².